The van der Waals surface area contributed by atoms with E-state index in [1.165, 1.54) is 17.8 Å². The van der Waals surface area contributed by atoms with Crippen LogP contribution in [0.2, 0.25) is 0 Å². The summed E-state index contributed by atoms with van der Waals surface area (Å²) in [7, 11) is 1.91. The summed E-state index contributed by atoms with van der Waals surface area (Å²) in [6, 6.07) is 11.3. The maximum atomic E-state index is 14.7. The summed E-state index contributed by atoms with van der Waals surface area (Å²) in [6.45, 7) is 1.66. The van der Waals surface area contributed by atoms with Crippen molar-refractivity contribution in [3.63, 3.8) is 0 Å². The minimum absolute atomic E-state index is 0.0146. The number of hydrogen-bond acceptors (Lipinski definition) is 6. The van der Waals surface area contributed by atoms with Gasteiger partial charge in [0.1, 0.15) is 5.82 Å². The van der Waals surface area contributed by atoms with Crippen LogP contribution in [0.25, 0.3) is 11.3 Å². The first kappa shape index (κ1) is 20.8. The second-order valence-electron chi connectivity index (χ2n) is 8.37. The van der Waals surface area contributed by atoms with E-state index in [4.69, 9.17) is 15.6 Å². The SMILES string of the molecule is Cn1nc(-c2ccccc2)c2c1CN(C[C@@H]1CC(F)(F)[C@H](n3ccc(N)nc3=O)O1)CC2. The molecule has 1 fully saturated rings. The average molecular weight is 442 g/mol. The summed E-state index contributed by atoms with van der Waals surface area (Å²) in [5.41, 5.74) is 8.95. The quantitative estimate of drug-likeness (QED) is 0.666. The number of nitrogens with two attached hydrogens (primary N) is 1. The van der Waals surface area contributed by atoms with Crippen LogP contribution >= 0.6 is 0 Å². The Kier molecular flexibility index (Phi) is 5.06. The summed E-state index contributed by atoms with van der Waals surface area (Å²) in [5.74, 6) is -3.19. The van der Waals surface area contributed by atoms with E-state index in [2.05, 4.69) is 9.88 Å². The number of aryl methyl sites for hydroxylation is 1. The predicted molar refractivity (Wildman–Crippen MR) is 114 cm³/mol. The molecule has 8 nitrogen and oxygen atoms in total. The topological polar surface area (TPSA) is 91.2 Å². The van der Waals surface area contributed by atoms with Crippen molar-refractivity contribution in [2.24, 2.45) is 7.05 Å². The molecule has 2 aromatic heterocycles. The van der Waals surface area contributed by atoms with Crippen LogP contribution in [0.5, 0.6) is 0 Å². The molecule has 0 radical (unpaired) electrons. The largest absolute Gasteiger partial charge is 0.383 e. The van der Waals surface area contributed by atoms with Crippen molar-refractivity contribution < 1.29 is 13.5 Å². The molecule has 5 rings (SSSR count). The standard InChI is InChI=1S/C22H24F2N6O2/c1-28-17-13-29(9-7-16(17)19(27-28)14-5-3-2-4-6-14)12-15-11-22(23,24)20(32-15)30-10-8-18(25)26-21(30)31/h2-6,8,10,15,20H,7,9,11-13H2,1H3,(H2,25,26,31)/t15-,20+/m0/s1. The lowest BCUT2D eigenvalue weighted by Crippen LogP contribution is -2.37. The fourth-order valence-electron chi connectivity index (χ4n) is 4.61. The van der Waals surface area contributed by atoms with Gasteiger partial charge < -0.3 is 10.5 Å². The highest BCUT2D eigenvalue weighted by atomic mass is 19.3. The van der Waals surface area contributed by atoms with Gasteiger partial charge in [0, 0.05) is 50.4 Å². The number of hydrogen-bond donors (Lipinski definition) is 1. The number of aromatic nitrogens is 4. The van der Waals surface area contributed by atoms with Crippen LogP contribution in [-0.4, -0.2) is 49.3 Å². The molecule has 0 aliphatic carbocycles. The Morgan fingerprint density at radius 2 is 2.03 bits per heavy atom. The van der Waals surface area contributed by atoms with Gasteiger partial charge >= 0.3 is 5.69 Å². The first-order chi connectivity index (χ1) is 15.3. The summed E-state index contributed by atoms with van der Waals surface area (Å²) in [6.07, 6.45) is -0.864. The van der Waals surface area contributed by atoms with Crippen molar-refractivity contribution >= 4 is 5.82 Å². The molecule has 0 saturated carbocycles. The first-order valence-corrected chi connectivity index (χ1v) is 10.5. The third kappa shape index (κ3) is 3.69. The van der Waals surface area contributed by atoms with E-state index in [1.54, 1.807) is 0 Å². The second-order valence-corrected chi connectivity index (χ2v) is 8.37. The number of fused-ring (bicyclic) bond motifs is 1. The normalized spacial score (nSPS) is 22.7. The highest BCUT2D eigenvalue weighted by Gasteiger charge is 2.52. The zero-order chi connectivity index (χ0) is 22.5. The molecule has 1 saturated heterocycles. The highest BCUT2D eigenvalue weighted by molar-refractivity contribution is 5.64. The number of ether oxygens (including phenoxy) is 1. The molecule has 10 heteroatoms. The summed E-state index contributed by atoms with van der Waals surface area (Å²) in [5, 5.41) is 4.70. The zero-order valence-corrected chi connectivity index (χ0v) is 17.6. The minimum atomic E-state index is -3.18. The third-order valence-corrected chi connectivity index (χ3v) is 6.12. The van der Waals surface area contributed by atoms with E-state index in [1.807, 2.05) is 42.1 Å². The number of nitrogen functional groups attached to an aromatic ring is 1. The van der Waals surface area contributed by atoms with Crippen molar-refractivity contribution in [3.05, 3.63) is 64.3 Å². The Balaban J connectivity index is 1.31. The molecular weight excluding hydrogens is 418 g/mol. The fourth-order valence-corrected chi connectivity index (χ4v) is 4.61. The molecule has 2 atom stereocenters. The van der Waals surface area contributed by atoms with Gasteiger partial charge in [-0.2, -0.15) is 10.1 Å². The van der Waals surface area contributed by atoms with E-state index in [-0.39, 0.29) is 5.82 Å². The maximum Gasteiger partial charge on any atom is 0.351 e. The average Bonchev–Trinajstić information content (AvgIpc) is 3.24. The van der Waals surface area contributed by atoms with Crippen molar-refractivity contribution in [1.82, 2.24) is 24.2 Å². The van der Waals surface area contributed by atoms with E-state index >= 15 is 0 Å². The van der Waals surface area contributed by atoms with Crippen molar-refractivity contribution in [2.45, 2.75) is 37.6 Å². The molecule has 4 heterocycles. The number of anilines is 1. The van der Waals surface area contributed by atoms with Gasteiger partial charge in [-0.25, -0.2) is 13.6 Å². The van der Waals surface area contributed by atoms with Crippen LogP contribution in [0.4, 0.5) is 14.6 Å². The van der Waals surface area contributed by atoms with E-state index < -0.39 is 30.4 Å². The minimum Gasteiger partial charge on any atom is -0.383 e. The van der Waals surface area contributed by atoms with Crippen LogP contribution < -0.4 is 11.4 Å². The molecule has 2 aliphatic heterocycles. The van der Waals surface area contributed by atoms with Gasteiger partial charge in [-0.1, -0.05) is 30.3 Å². The number of nitrogens with zero attached hydrogens (tertiary/aromatic N) is 5. The molecule has 32 heavy (non-hydrogen) atoms. The van der Waals surface area contributed by atoms with Crippen molar-refractivity contribution in [3.8, 4) is 11.3 Å². The van der Waals surface area contributed by atoms with Gasteiger partial charge in [0.15, 0.2) is 0 Å². The van der Waals surface area contributed by atoms with Crippen LogP contribution in [0.1, 0.15) is 23.9 Å². The molecule has 1 aromatic carbocycles. The van der Waals surface area contributed by atoms with Gasteiger partial charge in [-0.15, -0.1) is 0 Å². The Morgan fingerprint density at radius 1 is 1.25 bits per heavy atom. The number of benzene rings is 1. The molecule has 0 unspecified atom stereocenters. The van der Waals surface area contributed by atoms with Crippen LogP contribution in [0, 0.1) is 0 Å². The van der Waals surface area contributed by atoms with Crippen LogP contribution in [-0.2, 0) is 24.8 Å². The van der Waals surface area contributed by atoms with Gasteiger partial charge in [-0.3, -0.25) is 14.1 Å². The molecule has 2 N–H and O–H groups in total. The Labute approximate surface area is 183 Å². The fraction of sp³-hybridized carbons (Fsp3) is 0.409. The third-order valence-electron chi connectivity index (χ3n) is 6.12. The molecule has 0 spiro atoms. The zero-order valence-electron chi connectivity index (χ0n) is 17.6. The first-order valence-electron chi connectivity index (χ1n) is 10.5. The van der Waals surface area contributed by atoms with Gasteiger partial charge in [0.2, 0.25) is 6.23 Å². The van der Waals surface area contributed by atoms with Gasteiger partial charge in [0.25, 0.3) is 5.92 Å². The van der Waals surface area contributed by atoms with Crippen molar-refractivity contribution in [2.75, 3.05) is 18.8 Å². The lowest BCUT2D eigenvalue weighted by molar-refractivity contribution is -0.119. The summed E-state index contributed by atoms with van der Waals surface area (Å²) in [4.78, 5) is 17.7. The Hall–Kier alpha value is -3.11. The number of alkyl halides is 2. The lowest BCUT2D eigenvalue weighted by atomic mass is 9.99. The van der Waals surface area contributed by atoms with E-state index in [0.717, 1.165) is 34.5 Å². The van der Waals surface area contributed by atoms with Crippen molar-refractivity contribution in [1.29, 1.82) is 0 Å². The molecule has 3 aromatic rings. The summed E-state index contributed by atoms with van der Waals surface area (Å²) < 4.78 is 37.7. The number of halogens is 2. The highest BCUT2D eigenvalue weighted by Crippen LogP contribution is 2.42. The van der Waals surface area contributed by atoms with E-state index in [0.29, 0.717) is 13.1 Å². The van der Waals surface area contributed by atoms with E-state index in [9.17, 15) is 13.6 Å². The monoisotopic (exact) mass is 442 g/mol. The summed E-state index contributed by atoms with van der Waals surface area (Å²) >= 11 is 0. The molecule has 2 aliphatic rings. The number of rotatable bonds is 4. The Bertz CT molecular complexity index is 1190. The molecule has 0 amide bonds. The molecule has 168 valence electrons. The van der Waals surface area contributed by atoms with Gasteiger partial charge in [0.05, 0.1) is 17.5 Å². The van der Waals surface area contributed by atoms with Crippen LogP contribution in [0.15, 0.2) is 47.4 Å². The molecular formula is C22H24F2N6O2. The Morgan fingerprint density at radius 3 is 2.78 bits per heavy atom. The smallest absolute Gasteiger partial charge is 0.351 e. The van der Waals surface area contributed by atoms with Gasteiger partial charge in [-0.05, 0) is 12.5 Å². The maximum absolute atomic E-state index is 14.7. The predicted octanol–water partition coefficient (Wildman–Crippen LogP) is 2.21. The lowest BCUT2D eigenvalue weighted by Gasteiger charge is -2.29. The van der Waals surface area contributed by atoms with Crippen LogP contribution in [0.3, 0.4) is 0 Å². The second kappa shape index (κ2) is 7.79. The molecule has 0 bridgehead atoms.